The zero-order valence-electron chi connectivity index (χ0n) is 13.0. The van der Waals surface area contributed by atoms with Gasteiger partial charge in [-0.1, -0.05) is 11.3 Å². The van der Waals surface area contributed by atoms with Crippen molar-refractivity contribution in [3.05, 3.63) is 35.2 Å². The van der Waals surface area contributed by atoms with Gasteiger partial charge in [-0.05, 0) is 49.6 Å². The summed E-state index contributed by atoms with van der Waals surface area (Å²) in [5.41, 5.74) is 7.16. The minimum atomic E-state index is -0.352. The molecule has 2 N–H and O–H groups in total. The summed E-state index contributed by atoms with van der Waals surface area (Å²) in [6.45, 7) is 2.15. The van der Waals surface area contributed by atoms with Crippen LogP contribution < -0.4 is 15.4 Å². The number of thiophene rings is 1. The Morgan fingerprint density at radius 3 is 2.58 bits per heavy atom. The maximum atomic E-state index is 12.3. The summed E-state index contributed by atoms with van der Waals surface area (Å²) in [7, 11) is 0. The van der Waals surface area contributed by atoms with Crippen LogP contribution in [-0.2, 0) is 0 Å². The third kappa shape index (κ3) is 3.09. The number of carbonyl (C=O) groups excluding carboxylic acids is 1. The fraction of sp³-hybridized carbons (Fsp3) is 0.294. The van der Waals surface area contributed by atoms with E-state index >= 15 is 0 Å². The van der Waals surface area contributed by atoms with E-state index in [1.165, 1.54) is 30.6 Å². The van der Waals surface area contributed by atoms with Gasteiger partial charge in [-0.2, -0.15) is 0 Å². The lowest BCUT2D eigenvalue weighted by Crippen LogP contribution is -2.29. The molecule has 124 valence electrons. The minimum absolute atomic E-state index is 0.352. The molecule has 1 aliphatic rings. The summed E-state index contributed by atoms with van der Waals surface area (Å²) in [5.74, 6) is 0.141. The summed E-state index contributed by atoms with van der Waals surface area (Å²) < 4.78 is 6.45. The van der Waals surface area contributed by atoms with Crippen LogP contribution in [-0.4, -0.2) is 24.0 Å². The molecule has 0 saturated carbocycles. The Hall–Kier alpha value is -2.12. The topological polar surface area (TPSA) is 68.5 Å². The van der Waals surface area contributed by atoms with Gasteiger partial charge in [-0.3, -0.25) is 0 Å². The van der Waals surface area contributed by atoms with Gasteiger partial charge >= 0.3 is 5.97 Å². The molecular formula is C17H17N3O2S2. The van der Waals surface area contributed by atoms with Crippen LogP contribution in [0.15, 0.2) is 30.3 Å². The first-order chi connectivity index (χ1) is 11.7. The SMILES string of the molecule is Nc1ccc(OC(=O)c2cc3nc(N4CCCCC4)sc3s2)cc1. The predicted molar refractivity (Wildman–Crippen MR) is 99.4 cm³/mol. The number of carbonyl (C=O) groups is 1. The molecule has 0 amide bonds. The number of esters is 1. The highest BCUT2D eigenvalue weighted by Gasteiger charge is 2.19. The second-order valence-electron chi connectivity index (χ2n) is 5.79. The van der Waals surface area contributed by atoms with E-state index in [1.807, 2.05) is 6.07 Å². The lowest BCUT2D eigenvalue weighted by atomic mass is 10.1. The molecule has 3 heterocycles. The Morgan fingerprint density at radius 2 is 1.88 bits per heavy atom. The molecule has 1 aliphatic heterocycles. The van der Waals surface area contributed by atoms with Crippen molar-refractivity contribution in [1.29, 1.82) is 0 Å². The first kappa shape index (κ1) is 15.4. The van der Waals surface area contributed by atoms with Crippen molar-refractivity contribution in [2.75, 3.05) is 23.7 Å². The van der Waals surface area contributed by atoms with Gasteiger partial charge in [0.2, 0.25) is 0 Å². The number of hydrogen-bond donors (Lipinski definition) is 1. The number of benzene rings is 1. The fourth-order valence-electron chi connectivity index (χ4n) is 2.74. The van der Waals surface area contributed by atoms with Crippen LogP contribution in [0.1, 0.15) is 28.9 Å². The molecular weight excluding hydrogens is 342 g/mol. The van der Waals surface area contributed by atoms with E-state index in [2.05, 4.69) is 9.88 Å². The number of aromatic nitrogens is 1. The molecule has 7 heteroatoms. The first-order valence-electron chi connectivity index (χ1n) is 7.92. The van der Waals surface area contributed by atoms with Crippen molar-refractivity contribution in [3.8, 4) is 5.75 Å². The standard InChI is InChI=1S/C17H17N3O2S2/c18-11-4-6-12(7-5-11)22-15(21)14-10-13-16(23-14)24-17(19-13)20-8-2-1-3-9-20/h4-7,10H,1-3,8-9,18H2. The lowest BCUT2D eigenvalue weighted by molar-refractivity contribution is 0.0740. The number of ether oxygens (including phenoxy) is 1. The number of thiazole rings is 1. The maximum absolute atomic E-state index is 12.3. The lowest BCUT2D eigenvalue weighted by Gasteiger charge is -2.25. The molecule has 0 bridgehead atoms. The zero-order valence-corrected chi connectivity index (χ0v) is 14.7. The van der Waals surface area contributed by atoms with Crippen molar-refractivity contribution >= 4 is 49.0 Å². The van der Waals surface area contributed by atoms with Gasteiger partial charge < -0.3 is 15.4 Å². The van der Waals surface area contributed by atoms with Crippen molar-refractivity contribution in [3.63, 3.8) is 0 Å². The van der Waals surface area contributed by atoms with Crippen molar-refractivity contribution < 1.29 is 9.53 Å². The normalized spacial score (nSPS) is 14.9. The van der Waals surface area contributed by atoms with Crippen LogP contribution in [0.25, 0.3) is 9.53 Å². The van der Waals surface area contributed by atoms with Gasteiger partial charge in [0.1, 0.15) is 14.6 Å². The molecule has 5 nitrogen and oxygen atoms in total. The van der Waals surface area contributed by atoms with Crippen LogP contribution in [0.3, 0.4) is 0 Å². The average Bonchev–Trinajstić information content (AvgIpc) is 3.17. The second kappa shape index (κ2) is 6.41. The fourth-order valence-corrected chi connectivity index (χ4v) is 4.93. The van der Waals surface area contributed by atoms with Gasteiger partial charge in [0, 0.05) is 18.8 Å². The van der Waals surface area contributed by atoms with Crippen molar-refractivity contribution in [2.45, 2.75) is 19.3 Å². The number of nitrogens with zero attached hydrogens (tertiary/aromatic N) is 2. The van der Waals surface area contributed by atoms with E-state index in [0.717, 1.165) is 27.8 Å². The monoisotopic (exact) mass is 359 g/mol. The summed E-state index contributed by atoms with van der Waals surface area (Å²) in [4.78, 5) is 19.9. The third-order valence-electron chi connectivity index (χ3n) is 4.00. The Kier molecular flexibility index (Phi) is 4.12. The molecule has 1 fully saturated rings. The number of hydrogen-bond acceptors (Lipinski definition) is 7. The highest BCUT2D eigenvalue weighted by Crippen LogP contribution is 2.36. The van der Waals surface area contributed by atoms with Gasteiger partial charge in [-0.25, -0.2) is 9.78 Å². The molecule has 0 atom stereocenters. The van der Waals surface area contributed by atoms with E-state index in [9.17, 15) is 4.79 Å². The number of rotatable bonds is 3. The van der Waals surface area contributed by atoms with Gasteiger partial charge in [0.05, 0.1) is 5.52 Å². The molecule has 0 aliphatic carbocycles. The quantitative estimate of drug-likeness (QED) is 0.432. The molecule has 4 rings (SSSR count). The number of piperidine rings is 1. The van der Waals surface area contributed by atoms with E-state index in [1.54, 1.807) is 35.6 Å². The number of nitrogens with two attached hydrogens (primary N) is 1. The molecule has 2 aromatic heterocycles. The molecule has 0 radical (unpaired) electrons. The van der Waals surface area contributed by atoms with Crippen LogP contribution in [0.5, 0.6) is 5.75 Å². The third-order valence-corrected chi connectivity index (χ3v) is 6.32. The molecule has 3 aromatic rings. The zero-order chi connectivity index (χ0) is 16.5. The molecule has 0 spiro atoms. The van der Waals surface area contributed by atoms with Crippen molar-refractivity contribution in [1.82, 2.24) is 4.98 Å². The summed E-state index contributed by atoms with van der Waals surface area (Å²) >= 11 is 3.10. The average molecular weight is 359 g/mol. The Morgan fingerprint density at radius 1 is 1.12 bits per heavy atom. The van der Waals surface area contributed by atoms with E-state index in [-0.39, 0.29) is 5.97 Å². The van der Waals surface area contributed by atoms with Crippen LogP contribution >= 0.6 is 22.7 Å². The van der Waals surface area contributed by atoms with E-state index < -0.39 is 0 Å². The molecule has 0 unspecified atom stereocenters. The predicted octanol–water partition coefficient (Wildman–Crippen LogP) is 4.15. The highest BCUT2D eigenvalue weighted by atomic mass is 32.2. The Balaban J connectivity index is 1.51. The summed E-state index contributed by atoms with van der Waals surface area (Å²) in [5, 5.41) is 1.06. The minimum Gasteiger partial charge on any atom is -0.422 e. The van der Waals surface area contributed by atoms with Crippen LogP contribution in [0.2, 0.25) is 0 Å². The van der Waals surface area contributed by atoms with E-state index in [4.69, 9.17) is 10.5 Å². The smallest absolute Gasteiger partial charge is 0.353 e. The summed E-state index contributed by atoms with van der Waals surface area (Å²) in [6.07, 6.45) is 3.76. The molecule has 1 saturated heterocycles. The van der Waals surface area contributed by atoms with E-state index in [0.29, 0.717) is 16.3 Å². The maximum Gasteiger partial charge on any atom is 0.353 e. The Labute approximate surface area is 147 Å². The first-order valence-corrected chi connectivity index (χ1v) is 9.55. The number of fused-ring (bicyclic) bond motifs is 1. The van der Waals surface area contributed by atoms with Crippen LogP contribution in [0.4, 0.5) is 10.8 Å². The van der Waals surface area contributed by atoms with Crippen LogP contribution in [0, 0.1) is 0 Å². The summed E-state index contributed by atoms with van der Waals surface area (Å²) in [6, 6.07) is 8.62. The largest absolute Gasteiger partial charge is 0.422 e. The van der Waals surface area contributed by atoms with Gasteiger partial charge in [0.15, 0.2) is 5.13 Å². The number of anilines is 2. The van der Waals surface area contributed by atoms with Gasteiger partial charge in [-0.15, -0.1) is 11.3 Å². The van der Waals surface area contributed by atoms with Crippen molar-refractivity contribution in [2.24, 2.45) is 0 Å². The second-order valence-corrected chi connectivity index (χ2v) is 8.07. The van der Waals surface area contributed by atoms with Gasteiger partial charge in [0.25, 0.3) is 0 Å². The molecule has 24 heavy (non-hydrogen) atoms. The molecule has 1 aromatic carbocycles. The highest BCUT2D eigenvalue weighted by molar-refractivity contribution is 7.40. The Bertz CT molecular complexity index is 832. The number of nitrogen functional groups attached to an aromatic ring is 1.